The van der Waals surface area contributed by atoms with Gasteiger partial charge in [-0.3, -0.25) is 19.4 Å². The van der Waals surface area contributed by atoms with Crippen molar-refractivity contribution in [2.24, 2.45) is 0 Å². The average molecular weight is 729 g/mol. The minimum Gasteiger partial charge on any atom is -0.445 e. The summed E-state index contributed by atoms with van der Waals surface area (Å²) in [6, 6.07) is 37.2. The van der Waals surface area contributed by atoms with Crippen LogP contribution < -0.4 is 10.6 Å². The van der Waals surface area contributed by atoms with Gasteiger partial charge in [-0.15, -0.1) is 11.3 Å². The summed E-state index contributed by atoms with van der Waals surface area (Å²) in [4.78, 5) is 57.1. The van der Waals surface area contributed by atoms with Crippen molar-refractivity contribution in [3.63, 3.8) is 0 Å². The highest BCUT2D eigenvalue weighted by molar-refractivity contribution is 7.18. The molecule has 2 N–H and O–H groups in total. The molecular weight excluding hydrogens is 689 g/mol. The fourth-order valence-corrected chi connectivity index (χ4v) is 7.67. The summed E-state index contributed by atoms with van der Waals surface area (Å²) in [5, 5.41) is 5.94. The second-order valence-corrected chi connectivity index (χ2v) is 14.2. The van der Waals surface area contributed by atoms with Gasteiger partial charge < -0.3 is 20.1 Å². The second kappa shape index (κ2) is 16.6. The Morgan fingerprint density at radius 1 is 0.547 bits per heavy atom. The molecule has 10 nitrogen and oxygen atoms in total. The molecule has 0 bridgehead atoms. The monoisotopic (exact) mass is 728 g/mol. The lowest BCUT2D eigenvalue weighted by Crippen LogP contribution is -2.43. The van der Waals surface area contributed by atoms with E-state index in [1.807, 2.05) is 109 Å². The number of nitrogens with zero attached hydrogens (tertiary/aromatic N) is 2. The van der Waals surface area contributed by atoms with Gasteiger partial charge in [-0.05, 0) is 84.3 Å². The number of likely N-dealkylation sites (tertiary alicyclic amines) is 2. The number of amides is 4. The number of carbonyl (C=O) groups is 4. The highest BCUT2D eigenvalue weighted by atomic mass is 32.1. The Labute approximate surface area is 312 Å². The SMILES string of the molecule is O=C(Nc1ccc(-c2ccc(-c3ccc(NC(=O)C4CCCN4C(=O)OCc4ccccc4)cc3)s2)cc1)C1CCCN1C(=O)OCc1ccccc1. The molecule has 0 saturated carbocycles. The molecule has 0 spiro atoms. The summed E-state index contributed by atoms with van der Waals surface area (Å²) >= 11 is 1.64. The number of benzene rings is 4. The fraction of sp³-hybridized carbons (Fsp3) is 0.238. The Kier molecular flexibility index (Phi) is 11.1. The van der Waals surface area contributed by atoms with E-state index in [9.17, 15) is 19.2 Å². The van der Waals surface area contributed by atoms with E-state index in [0.29, 0.717) is 37.3 Å². The van der Waals surface area contributed by atoms with Gasteiger partial charge in [0.1, 0.15) is 25.3 Å². The maximum absolute atomic E-state index is 13.2. The van der Waals surface area contributed by atoms with E-state index in [-0.39, 0.29) is 25.0 Å². The highest BCUT2D eigenvalue weighted by Crippen LogP contribution is 2.35. The molecule has 5 aromatic rings. The number of anilines is 2. The molecule has 7 rings (SSSR count). The molecule has 53 heavy (non-hydrogen) atoms. The molecule has 2 fully saturated rings. The second-order valence-electron chi connectivity index (χ2n) is 13.1. The molecule has 11 heteroatoms. The zero-order valence-corrected chi connectivity index (χ0v) is 29.9. The van der Waals surface area contributed by atoms with Crippen LogP contribution in [-0.2, 0) is 32.3 Å². The van der Waals surface area contributed by atoms with Crippen LogP contribution in [0, 0.1) is 0 Å². The third kappa shape index (κ3) is 8.75. The Hall–Kier alpha value is -5.94. The van der Waals surface area contributed by atoms with Crippen molar-refractivity contribution in [3.8, 4) is 20.9 Å². The van der Waals surface area contributed by atoms with Gasteiger partial charge >= 0.3 is 12.2 Å². The van der Waals surface area contributed by atoms with E-state index in [1.165, 1.54) is 9.80 Å². The van der Waals surface area contributed by atoms with Crippen molar-refractivity contribution in [3.05, 3.63) is 132 Å². The number of hydrogen-bond acceptors (Lipinski definition) is 7. The Bertz CT molecular complexity index is 1890. The number of ether oxygens (including phenoxy) is 2. The van der Waals surface area contributed by atoms with Crippen LogP contribution in [0.5, 0.6) is 0 Å². The predicted octanol–water partition coefficient (Wildman–Crippen LogP) is 8.56. The molecule has 3 heterocycles. The summed E-state index contributed by atoms with van der Waals surface area (Å²) < 4.78 is 11.0. The van der Waals surface area contributed by atoms with E-state index in [4.69, 9.17) is 9.47 Å². The summed E-state index contributed by atoms with van der Waals surface area (Å²) in [6.07, 6.45) is 1.68. The van der Waals surface area contributed by atoms with Gasteiger partial charge in [0.2, 0.25) is 11.8 Å². The number of carbonyl (C=O) groups excluding carboxylic acids is 4. The Morgan fingerprint density at radius 2 is 0.943 bits per heavy atom. The Morgan fingerprint density at radius 3 is 1.34 bits per heavy atom. The largest absolute Gasteiger partial charge is 0.445 e. The van der Waals surface area contributed by atoms with Gasteiger partial charge in [-0.1, -0.05) is 84.9 Å². The molecule has 2 saturated heterocycles. The van der Waals surface area contributed by atoms with Crippen molar-refractivity contribution in [2.75, 3.05) is 23.7 Å². The van der Waals surface area contributed by atoms with Gasteiger partial charge in [0, 0.05) is 34.2 Å². The summed E-state index contributed by atoms with van der Waals surface area (Å²) in [6.45, 7) is 1.29. The first-order valence-corrected chi connectivity index (χ1v) is 18.6. The quantitative estimate of drug-likeness (QED) is 0.149. The first kappa shape index (κ1) is 35.5. The van der Waals surface area contributed by atoms with Gasteiger partial charge in [0.15, 0.2) is 0 Å². The Balaban J connectivity index is 0.904. The van der Waals surface area contributed by atoms with Crippen molar-refractivity contribution in [2.45, 2.75) is 51.0 Å². The average Bonchev–Trinajstić information content (AvgIpc) is 4.00. The molecular formula is C42H40N4O6S. The molecule has 2 unspecified atom stereocenters. The molecule has 0 radical (unpaired) electrons. The van der Waals surface area contributed by atoms with Crippen LogP contribution in [0.15, 0.2) is 121 Å². The molecule has 4 aromatic carbocycles. The third-order valence-electron chi connectivity index (χ3n) is 9.47. The maximum Gasteiger partial charge on any atom is 0.410 e. The van der Waals surface area contributed by atoms with E-state index < -0.39 is 24.3 Å². The molecule has 270 valence electrons. The lowest BCUT2D eigenvalue weighted by Gasteiger charge is -2.23. The van der Waals surface area contributed by atoms with Gasteiger partial charge in [0.05, 0.1) is 0 Å². The zero-order valence-electron chi connectivity index (χ0n) is 29.1. The van der Waals surface area contributed by atoms with Crippen LogP contribution in [0.3, 0.4) is 0 Å². The molecule has 1 aromatic heterocycles. The van der Waals surface area contributed by atoms with Crippen molar-refractivity contribution in [1.29, 1.82) is 0 Å². The highest BCUT2D eigenvalue weighted by Gasteiger charge is 2.36. The van der Waals surface area contributed by atoms with Gasteiger partial charge in [-0.25, -0.2) is 9.59 Å². The smallest absolute Gasteiger partial charge is 0.410 e. The van der Waals surface area contributed by atoms with Gasteiger partial charge in [0.25, 0.3) is 0 Å². The first-order chi connectivity index (χ1) is 25.9. The van der Waals surface area contributed by atoms with Crippen LogP contribution in [0.25, 0.3) is 20.9 Å². The van der Waals surface area contributed by atoms with E-state index in [0.717, 1.165) is 44.8 Å². The van der Waals surface area contributed by atoms with Crippen LogP contribution >= 0.6 is 11.3 Å². The summed E-state index contributed by atoms with van der Waals surface area (Å²) in [7, 11) is 0. The molecule has 0 aliphatic carbocycles. The number of thiophene rings is 1. The van der Waals surface area contributed by atoms with Crippen molar-refractivity contribution >= 4 is 46.7 Å². The minimum absolute atomic E-state index is 0.163. The number of hydrogen-bond donors (Lipinski definition) is 2. The maximum atomic E-state index is 13.2. The molecule has 2 aliphatic rings. The number of nitrogens with one attached hydrogen (secondary N) is 2. The third-order valence-corrected chi connectivity index (χ3v) is 10.7. The lowest BCUT2D eigenvalue weighted by atomic mass is 10.1. The van der Waals surface area contributed by atoms with Gasteiger partial charge in [-0.2, -0.15) is 0 Å². The fourth-order valence-electron chi connectivity index (χ4n) is 6.66. The van der Waals surface area contributed by atoms with E-state index in [1.54, 1.807) is 11.3 Å². The molecule has 2 aliphatic heterocycles. The van der Waals surface area contributed by atoms with Crippen LogP contribution in [0.1, 0.15) is 36.8 Å². The predicted molar refractivity (Wildman–Crippen MR) is 205 cm³/mol. The number of rotatable bonds is 10. The summed E-state index contributed by atoms with van der Waals surface area (Å²) in [5.74, 6) is -0.460. The molecule has 4 amide bonds. The summed E-state index contributed by atoms with van der Waals surface area (Å²) in [5.41, 5.74) is 5.12. The van der Waals surface area contributed by atoms with Crippen LogP contribution in [0.4, 0.5) is 21.0 Å². The minimum atomic E-state index is -0.580. The van der Waals surface area contributed by atoms with E-state index in [2.05, 4.69) is 22.8 Å². The first-order valence-electron chi connectivity index (χ1n) is 17.8. The van der Waals surface area contributed by atoms with Crippen LogP contribution in [-0.4, -0.2) is 59.0 Å². The normalized spacial score (nSPS) is 16.6. The van der Waals surface area contributed by atoms with Crippen molar-refractivity contribution < 1.29 is 28.7 Å². The molecule has 2 atom stereocenters. The van der Waals surface area contributed by atoms with E-state index >= 15 is 0 Å². The van der Waals surface area contributed by atoms with Crippen molar-refractivity contribution in [1.82, 2.24) is 9.80 Å². The lowest BCUT2D eigenvalue weighted by molar-refractivity contribution is -0.120. The van der Waals surface area contributed by atoms with Crippen LogP contribution in [0.2, 0.25) is 0 Å². The topological polar surface area (TPSA) is 117 Å². The zero-order chi connectivity index (χ0) is 36.6. The standard InChI is InChI=1S/C42H40N4O6S/c47-39(35-13-7-25-45(35)41(49)51-27-29-9-3-1-4-10-29)43-33-19-15-31(16-20-33)37-23-24-38(53-37)32-17-21-34(22-18-32)44-40(48)36-14-8-26-46(36)42(50)52-28-30-11-5-2-6-12-30/h1-6,9-12,15-24,35-36H,7-8,13-14,25-28H2,(H,43,47)(H,44,48).